The van der Waals surface area contributed by atoms with Crippen molar-refractivity contribution in [2.75, 3.05) is 11.4 Å². The van der Waals surface area contributed by atoms with Crippen molar-refractivity contribution in [1.82, 2.24) is 0 Å². The highest BCUT2D eigenvalue weighted by Crippen LogP contribution is 2.35. The molecule has 3 rings (SSSR count). The number of rotatable bonds is 5. The van der Waals surface area contributed by atoms with E-state index >= 15 is 0 Å². The molecule has 0 saturated heterocycles. The van der Waals surface area contributed by atoms with Crippen molar-refractivity contribution < 1.29 is 19.5 Å². The molecule has 1 aromatic rings. The number of para-hydroxylation sites is 1. The highest BCUT2D eigenvalue weighted by molar-refractivity contribution is 6.15. The Kier molecular flexibility index (Phi) is 6.20. The average Bonchev–Trinajstić information content (AvgIpc) is 2.78. The number of hydrogen-bond acceptors (Lipinski definition) is 4. The lowest BCUT2D eigenvalue weighted by atomic mass is 9.82. The molecule has 0 spiro atoms. The first-order valence-electron chi connectivity index (χ1n) is 10.4. The van der Waals surface area contributed by atoms with Gasteiger partial charge in [-0.15, -0.1) is 0 Å². The van der Waals surface area contributed by atoms with Gasteiger partial charge in [0.2, 0.25) is 0 Å². The summed E-state index contributed by atoms with van der Waals surface area (Å²) in [5.74, 6) is -1.34. The van der Waals surface area contributed by atoms with Crippen LogP contribution in [0.15, 0.2) is 29.3 Å². The average molecular weight is 399 g/mol. The summed E-state index contributed by atoms with van der Waals surface area (Å²) >= 11 is 0. The third-order valence-electron chi connectivity index (χ3n) is 5.81. The van der Waals surface area contributed by atoms with Crippen molar-refractivity contribution in [2.24, 2.45) is 16.3 Å². The van der Waals surface area contributed by atoms with Gasteiger partial charge in [0.1, 0.15) is 6.04 Å². The molecule has 1 aliphatic heterocycles. The number of carbonyl (C=O) groups is 3. The maximum absolute atomic E-state index is 13.3. The minimum absolute atomic E-state index is 0.0733. The van der Waals surface area contributed by atoms with Crippen LogP contribution in [0.2, 0.25) is 0 Å². The van der Waals surface area contributed by atoms with E-state index in [2.05, 4.69) is 0 Å². The van der Waals surface area contributed by atoms with Crippen LogP contribution < -0.4 is 4.90 Å². The minimum Gasteiger partial charge on any atom is -0.481 e. The van der Waals surface area contributed by atoms with E-state index in [1.807, 2.05) is 45.0 Å². The standard InChI is InChI=1S/C23H30N2O4/c1-23(2,3)19(26)14-25-18-12-8-7-11-16(18)21(15-9-5-4-6-10-15)24-17(22(25)29)13-20(27)28/h7-8,11-12,15,17H,4-6,9-10,13-14H2,1-3H3,(H,27,28)/t17-/m0/s1. The Bertz CT molecular complexity index is 832. The monoisotopic (exact) mass is 398 g/mol. The molecule has 29 heavy (non-hydrogen) atoms. The summed E-state index contributed by atoms with van der Waals surface area (Å²) in [7, 11) is 0. The minimum atomic E-state index is -1.07. The summed E-state index contributed by atoms with van der Waals surface area (Å²) in [5.41, 5.74) is 1.73. The van der Waals surface area contributed by atoms with Crippen molar-refractivity contribution >= 4 is 29.1 Å². The lowest BCUT2D eigenvalue weighted by molar-refractivity contribution is -0.139. The van der Waals surface area contributed by atoms with Gasteiger partial charge < -0.3 is 10.0 Å². The number of amides is 1. The van der Waals surface area contributed by atoms with Crippen molar-refractivity contribution in [2.45, 2.75) is 65.3 Å². The number of hydrogen-bond donors (Lipinski definition) is 1. The normalized spacial score (nSPS) is 20.7. The van der Waals surface area contributed by atoms with Gasteiger partial charge in [0.25, 0.3) is 5.91 Å². The van der Waals surface area contributed by atoms with E-state index in [0.717, 1.165) is 37.0 Å². The molecule has 1 saturated carbocycles. The van der Waals surface area contributed by atoms with Crippen LogP contribution in [0.4, 0.5) is 5.69 Å². The number of benzene rings is 1. The van der Waals surface area contributed by atoms with Gasteiger partial charge in [0.15, 0.2) is 5.78 Å². The number of fused-ring (bicyclic) bond motifs is 1. The Morgan fingerprint density at radius 3 is 2.41 bits per heavy atom. The quantitative estimate of drug-likeness (QED) is 0.816. The second-order valence-electron chi connectivity index (χ2n) is 9.08. The van der Waals surface area contributed by atoms with Gasteiger partial charge in [0.05, 0.1) is 18.7 Å². The largest absolute Gasteiger partial charge is 0.481 e. The molecule has 1 amide bonds. The highest BCUT2D eigenvalue weighted by Gasteiger charge is 2.37. The van der Waals surface area contributed by atoms with Gasteiger partial charge >= 0.3 is 5.97 Å². The van der Waals surface area contributed by atoms with E-state index in [0.29, 0.717) is 5.69 Å². The molecule has 1 aromatic carbocycles. The van der Waals surface area contributed by atoms with Gasteiger partial charge in [-0.3, -0.25) is 19.4 Å². The number of nitrogens with zero attached hydrogens (tertiary/aromatic N) is 2. The van der Waals surface area contributed by atoms with Crippen molar-refractivity contribution in [3.8, 4) is 0 Å². The fourth-order valence-corrected chi connectivity index (χ4v) is 4.06. The molecule has 0 aromatic heterocycles. The van der Waals surface area contributed by atoms with Crippen LogP contribution in [0.1, 0.15) is 64.9 Å². The van der Waals surface area contributed by atoms with Gasteiger partial charge in [-0.25, -0.2) is 0 Å². The van der Waals surface area contributed by atoms with Crippen LogP contribution in [0.25, 0.3) is 0 Å². The first kappa shape index (κ1) is 21.2. The summed E-state index contributed by atoms with van der Waals surface area (Å²) in [6, 6.07) is 6.52. The first-order chi connectivity index (χ1) is 13.7. The second-order valence-corrected chi connectivity index (χ2v) is 9.08. The maximum Gasteiger partial charge on any atom is 0.306 e. The predicted octanol–water partition coefficient (Wildman–Crippen LogP) is 3.86. The zero-order valence-electron chi connectivity index (χ0n) is 17.5. The number of benzodiazepines with no additional fused rings is 1. The van der Waals surface area contributed by atoms with Gasteiger partial charge in [-0.05, 0) is 18.9 Å². The highest BCUT2D eigenvalue weighted by atomic mass is 16.4. The lowest BCUT2D eigenvalue weighted by Crippen LogP contribution is -2.44. The number of carboxylic acid groups (broad SMARTS) is 1. The van der Waals surface area contributed by atoms with E-state index in [1.165, 1.54) is 11.3 Å². The Hall–Kier alpha value is -2.50. The molecule has 1 heterocycles. The van der Waals surface area contributed by atoms with E-state index in [-0.39, 0.29) is 24.7 Å². The van der Waals surface area contributed by atoms with Gasteiger partial charge in [-0.1, -0.05) is 58.2 Å². The number of Topliss-reactive ketones (excluding diaryl/α,β-unsaturated/α-hetero) is 1. The van der Waals surface area contributed by atoms with E-state index in [4.69, 9.17) is 4.99 Å². The molecule has 6 nitrogen and oxygen atoms in total. The zero-order chi connectivity index (χ0) is 21.2. The summed E-state index contributed by atoms with van der Waals surface area (Å²) in [6.45, 7) is 5.38. The molecule has 1 fully saturated rings. The summed E-state index contributed by atoms with van der Waals surface area (Å²) in [5, 5.41) is 9.38. The zero-order valence-corrected chi connectivity index (χ0v) is 17.5. The fraction of sp³-hybridized carbons (Fsp3) is 0.565. The number of aliphatic carboxylic acids is 1. The topological polar surface area (TPSA) is 87.0 Å². The lowest BCUT2D eigenvalue weighted by Gasteiger charge is -2.28. The number of carbonyl (C=O) groups excluding carboxylic acids is 2. The number of carboxylic acids is 1. The Labute approximate surface area is 172 Å². The van der Waals surface area contributed by atoms with Crippen molar-refractivity contribution in [1.29, 1.82) is 0 Å². The van der Waals surface area contributed by atoms with Crippen molar-refractivity contribution in [3.63, 3.8) is 0 Å². The Morgan fingerprint density at radius 2 is 1.79 bits per heavy atom. The molecular formula is C23H30N2O4. The third kappa shape index (κ3) is 4.74. The second kappa shape index (κ2) is 8.47. The Morgan fingerprint density at radius 1 is 1.14 bits per heavy atom. The summed E-state index contributed by atoms with van der Waals surface area (Å²) < 4.78 is 0. The third-order valence-corrected chi connectivity index (χ3v) is 5.81. The van der Waals surface area contributed by atoms with Crippen LogP contribution >= 0.6 is 0 Å². The smallest absolute Gasteiger partial charge is 0.306 e. The number of ketones is 1. The summed E-state index contributed by atoms with van der Waals surface area (Å²) in [4.78, 5) is 43.7. The molecule has 0 bridgehead atoms. The summed E-state index contributed by atoms with van der Waals surface area (Å²) in [6.07, 6.45) is 5.01. The van der Waals surface area contributed by atoms with Crippen molar-refractivity contribution in [3.05, 3.63) is 29.8 Å². The maximum atomic E-state index is 13.3. The fourth-order valence-electron chi connectivity index (χ4n) is 4.06. The van der Waals surface area contributed by atoms with Crippen LogP contribution in [0.3, 0.4) is 0 Å². The molecule has 0 unspecified atom stereocenters. The molecule has 0 radical (unpaired) electrons. The first-order valence-corrected chi connectivity index (χ1v) is 10.4. The van der Waals surface area contributed by atoms with Crippen LogP contribution in [-0.4, -0.2) is 41.1 Å². The van der Waals surface area contributed by atoms with Crippen LogP contribution in [0.5, 0.6) is 0 Å². The van der Waals surface area contributed by atoms with Crippen LogP contribution in [0, 0.1) is 11.3 Å². The molecular weight excluding hydrogens is 368 g/mol. The molecule has 6 heteroatoms. The SMILES string of the molecule is CC(C)(C)C(=O)CN1C(=O)[C@H](CC(=O)O)N=C(C2CCCCC2)c2ccccc21. The predicted molar refractivity (Wildman–Crippen MR) is 112 cm³/mol. The number of aliphatic imine (C=N–C) groups is 1. The van der Waals surface area contributed by atoms with E-state index in [1.54, 1.807) is 0 Å². The molecule has 156 valence electrons. The molecule has 1 N–H and O–H groups in total. The van der Waals surface area contributed by atoms with E-state index in [9.17, 15) is 19.5 Å². The molecule has 1 aliphatic carbocycles. The molecule has 2 aliphatic rings. The van der Waals surface area contributed by atoms with Gasteiger partial charge in [-0.2, -0.15) is 0 Å². The number of anilines is 1. The van der Waals surface area contributed by atoms with Crippen LogP contribution in [-0.2, 0) is 14.4 Å². The Balaban J connectivity index is 2.09. The van der Waals surface area contributed by atoms with E-state index < -0.39 is 23.3 Å². The molecule has 1 atom stereocenters. The van der Waals surface area contributed by atoms with Gasteiger partial charge in [0, 0.05) is 22.6 Å².